The van der Waals surface area contributed by atoms with Gasteiger partial charge in [0.1, 0.15) is 5.75 Å². The maximum Gasteiger partial charge on any atom is 0.260 e. The van der Waals surface area contributed by atoms with Crippen molar-refractivity contribution in [3.05, 3.63) is 70.7 Å². The zero-order chi connectivity index (χ0) is 18.5. The Hall–Kier alpha value is -3.12. The van der Waals surface area contributed by atoms with Crippen molar-refractivity contribution in [2.45, 2.75) is 6.92 Å². The summed E-state index contributed by atoms with van der Waals surface area (Å²) in [5.41, 5.74) is 2.23. The van der Waals surface area contributed by atoms with Crippen LogP contribution in [0.3, 0.4) is 0 Å². The van der Waals surface area contributed by atoms with Crippen LogP contribution in [0.15, 0.2) is 54.6 Å². The quantitative estimate of drug-likeness (QED) is 0.696. The second-order valence-corrected chi connectivity index (χ2v) is 5.95. The first-order valence-electron chi connectivity index (χ1n) is 7.88. The van der Waals surface area contributed by atoms with Crippen LogP contribution >= 0.6 is 11.6 Å². The normalized spacial score (nSPS) is 10.3. The number of methoxy groups -OCH3 is 1. The molecule has 0 atom stereocenters. The number of amides is 1. The molecule has 3 aromatic rings. The highest BCUT2D eigenvalue weighted by Gasteiger charge is 2.12. The molecule has 0 saturated carbocycles. The average Bonchev–Trinajstić information content (AvgIpc) is 2.66. The molecule has 2 aromatic carbocycles. The molecule has 6 nitrogen and oxygen atoms in total. The van der Waals surface area contributed by atoms with E-state index < -0.39 is 0 Å². The lowest BCUT2D eigenvalue weighted by Crippen LogP contribution is -2.14. The van der Waals surface area contributed by atoms with Gasteiger partial charge < -0.3 is 15.4 Å². The minimum Gasteiger partial charge on any atom is -0.496 e. The summed E-state index contributed by atoms with van der Waals surface area (Å²) in [5, 5.41) is 14.6. The van der Waals surface area contributed by atoms with E-state index in [1.165, 1.54) is 7.11 Å². The highest BCUT2D eigenvalue weighted by atomic mass is 35.5. The van der Waals surface area contributed by atoms with Crippen LogP contribution in [-0.2, 0) is 0 Å². The number of carbonyl (C=O) groups is 1. The summed E-state index contributed by atoms with van der Waals surface area (Å²) >= 11 is 6.11. The van der Waals surface area contributed by atoms with Crippen LogP contribution in [-0.4, -0.2) is 23.2 Å². The van der Waals surface area contributed by atoms with E-state index in [-0.39, 0.29) is 5.91 Å². The van der Waals surface area contributed by atoms with Crippen LogP contribution in [0.5, 0.6) is 5.75 Å². The molecule has 0 radical (unpaired) electrons. The number of halogens is 1. The lowest BCUT2D eigenvalue weighted by atomic mass is 10.2. The number of hydrogen-bond acceptors (Lipinski definition) is 5. The first-order valence-corrected chi connectivity index (χ1v) is 8.26. The van der Waals surface area contributed by atoms with Gasteiger partial charge in [-0.3, -0.25) is 4.79 Å². The van der Waals surface area contributed by atoms with Crippen molar-refractivity contribution in [1.29, 1.82) is 0 Å². The van der Waals surface area contributed by atoms with Gasteiger partial charge in [0.25, 0.3) is 5.91 Å². The monoisotopic (exact) mass is 368 g/mol. The Kier molecular flexibility index (Phi) is 5.34. The third-order valence-corrected chi connectivity index (χ3v) is 4.11. The Morgan fingerprint density at radius 3 is 2.46 bits per heavy atom. The fourth-order valence-electron chi connectivity index (χ4n) is 2.30. The zero-order valence-corrected chi connectivity index (χ0v) is 15.0. The molecule has 3 rings (SSSR count). The third kappa shape index (κ3) is 4.10. The molecule has 132 valence electrons. The molecule has 0 aliphatic heterocycles. The minimum atomic E-state index is -0.317. The summed E-state index contributed by atoms with van der Waals surface area (Å²) in [6, 6.07) is 16.0. The zero-order valence-electron chi connectivity index (χ0n) is 14.3. The summed E-state index contributed by atoms with van der Waals surface area (Å²) in [6.07, 6.45) is 0. The van der Waals surface area contributed by atoms with Gasteiger partial charge >= 0.3 is 0 Å². The van der Waals surface area contributed by atoms with Crippen LogP contribution in [0.25, 0.3) is 0 Å². The molecule has 1 aromatic heterocycles. The maximum absolute atomic E-state index is 12.3. The van der Waals surface area contributed by atoms with Gasteiger partial charge in [0, 0.05) is 10.7 Å². The van der Waals surface area contributed by atoms with Crippen molar-refractivity contribution in [3.8, 4) is 5.75 Å². The van der Waals surface area contributed by atoms with E-state index in [1.54, 1.807) is 36.4 Å². The first-order chi connectivity index (χ1) is 12.6. The lowest BCUT2D eigenvalue weighted by molar-refractivity contribution is 0.102. The molecule has 26 heavy (non-hydrogen) atoms. The van der Waals surface area contributed by atoms with Crippen molar-refractivity contribution >= 4 is 34.8 Å². The molecular weight excluding hydrogens is 352 g/mol. The maximum atomic E-state index is 12.3. The van der Waals surface area contributed by atoms with Crippen molar-refractivity contribution in [2.75, 3.05) is 17.7 Å². The minimum absolute atomic E-state index is 0.317. The van der Waals surface area contributed by atoms with E-state index in [9.17, 15) is 4.79 Å². The second kappa shape index (κ2) is 7.84. The van der Waals surface area contributed by atoms with E-state index >= 15 is 0 Å². The van der Waals surface area contributed by atoms with Gasteiger partial charge in [0.2, 0.25) is 0 Å². The largest absolute Gasteiger partial charge is 0.496 e. The number of anilines is 3. The van der Waals surface area contributed by atoms with Crippen molar-refractivity contribution in [3.63, 3.8) is 0 Å². The fourth-order valence-corrected chi connectivity index (χ4v) is 2.48. The van der Waals surface area contributed by atoms with Crippen molar-refractivity contribution in [2.24, 2.45) is 0 Å². The van der Waals surface area contributed by atoms with E-state index in [2.05, 4.69) is 20.8 Å². The number of ether oxygens (including phenoxy) is 1. The second-order valence-electron chi connectivity index (χ2n) is 5.55. The van der Waals surface area contributed by atoms with E-state index in [0.29, 0.717) is 28.0 Å². The highest BCUT2D eigenvalue weighted by Crippen LogP contribution is 2.23. The number of rotatable bonds is 5. The molecule has 0 spiro atoms. The number of nitrogens with one attached hydrogen (secondary N) is 2. The Morgan fingerprint density at radius 2 is 1.77 bits per heavy atom. The predicted molar refractivity (Wildman–Crippen MR) is 102 cm³/mol. The fraction of sp³-hybridized carbons (Fsp3) is 0.105. The number of hydrogen-bond donors (Lipinski definition) is 2. The van der Waals surface area contributed by atoms with Gasteiger partial charge in [-0.25, -0.2) is 0 Å². The number of nitrogens with zero attached hydrogens (tertiary/aromatic N) is 2. The molecule has 0 unspecified atom stereocenters. The Morgan fingerprint density at radius 1 is 1.04 bits per heavy atom. The molecular formula is C19H17ClN4O2. The molecule has 2 N–H and O–H groups in total. The molecule has 0 bridgehead atoms. The number of carbonyl (C=O) groups excluding carboxylic acids is 1. The van der Waals surface area contributed by atoms with Gasteiger partial charge in [-0.2, -0.15) is 0 Å². The summed E-state index contributed by atoms with van der Waals surface area (Å²) in [7, 11) is 1.52. The van der Waals surface area contributed by atoms with E-state index in [4.69, 9.17) is 16.3 Å². The predicted octanol–water partition coefficient (Wildman–Crippen LogP) is 4.44. The molecule has 0 aliphatic carbocycles. The van der Waals surface area contributed by atoms with E-state index in [1.807, 2.05) is 25.1 Å². The van der Waals surface area contributed by atoms with Gasteiger partial charge in [-0.1, -0.05) is 29.8 Å². The van der Waals surface area contributed by atoms with Crippen LogP contribution in [0, 0.1) is 6.92 Å². The Balaban J connectivity index is 1.69. The van der Waals surface area contributed by atoms with Crippen LogP contribution < -0.4 is 15.4 Å². The number of benzene rings is 2. The average molecular weight is 369 g/mol. The number of aromatic nitrogens is 2. The molecule has 0 aliphatic rings. The van der Waals surface area contributed by atoms with Crippen LogP contribution in [0.4, 0.5) is 17.3 Å². The summed E-state index contributed by atoms with van der Waals surface area (Å²) in [5.74, 6) is 1.06. The number of aryl methyl sites for hydroxylation is 1. The number of para-hydroxylation sites is 1. The van der Waals surface area contributed by atoms with Gasteiger partial charge in [-0.05, 0) is 48.9 Å². The van der Waals surface area contributed by atoms with Gasteiger partial charge in [0.05, 0.1) is 12.7 Å². The molecule has 0 fully saturated rings. The Bertz CT molecular complexity index is 929. The van der Waals surface area contributed by atoms with Crippen LogP contribution in [0.1, 0.15) is 15.9 Å². The van der Waals surface area contributed by atoms with Crippen LogP contribution in [0.2, 0.25) is 5.02 Å². The summed E-state index contributed by atoms with van der Waals surface area (Å²) < 4.78 is 5.19. The third-order valence-electron chi connectivity index (χ3n) is 3.70. The van der Waals surface area contributed by atoms with Gasteiger partial charge in [0.15, 0.2) is 11.6 Å². The van der Waals surface area contributed by atoms with Crippen molar-refractivity contribution in [1.82, 2.24) is 10.2 Å². The Labute approximate surface area is 156 Å². The summed E-state index contributed by atoms with van der Waals surface area (Å²) in [4.78, 5) is 12.3. The molecule has 1 heterocycles. The topological polar surface area (TPSA) is 76.1 Å². The SMILES string of the molecule is COc1ccccc1C(=O)Nc1ccc(Nc2ccc(C)c(Cl)c2)nn1. The van der Waals surface area contributed by atoms with Gasteiger partial charge in [-0.15, -0.1) is 10.2 Å². The first kappa shape index (κ1) is 17.7. The molecule has 7 heteroatoms. The van der Waals surface area contributed by atoms with E-state index in [0.717, 1.165) is 11.3 Å². The molecule has 1 amide bonds. The standard InChI is InChI=1S/C19H17ClN4O2/c1-12-7-8-13(11-15(12)20)21-17-9-10-18(24-23-17)22-19(25)14-5-3-4-6-16(14)26-2/h3-11H,1-2H3,(H,21,23)(H,22,24,25). The lowest BCUT2D eigenvalue weighted by Gasteiger charge is -2.09. The smallest absolute Gasteiger partial charge is 0.260 e. The molecule has 0 saturated heterocycles. The summed E-state index contributed by atoms with van der Waals surface area (Å²) in [6.45, 7) is 1.94. The highest BCUT2D eigenvalue weighted by molar-refractivity contribution is 6.31. The van der Waals surface area contributed by atoms with Crippen molar-refractivity contribution < 1.29 is 9.53 Å².